The standard InChI is InChI=1S/C23H22ClNO2/c1-4-6-18(23(26)27)21-14(3)25-20-12-11-17(24)13-19(20)22(21)16-9-7-15(5-2)8-10-16/h5,7-13,18H,2,4,6H2,1,3H3,(H,26,27). The van der Waals surface area contributed by atoms with Crippen molar-refractivity contribution in [2.24, 2.45) is 0 Å². The molecule has 138 valence electrons. The van der Waals surface area contributed by atoms with Crippen LogP contribution in [0.2, 0.25) is 5.02 Å². The third-order valence-corrected chi connectivity index (χ3v) is 5.07. The zero-order valence-electron chi connectivity index (χ0n) is 15.5. The van der Waals surface area contributed by atoms with Crippen molar-refractivity contribution in [1.82, 2.24) is 4.98 Å². The Balaban J connectivity index is 2.40. The van der Waals surface area contributed by atoms with E-state index in [1.807, 2.05) is 50.2 Å². The number of hydrogen-bond acceptors (Lipinski definition) is 2. The summed E-state index contributed by atoms with van der Waals surface area (Å²) in [5, 5.41) is 11.4. The summed E-state index contributed by atoms with van der Waals surface area (Å²) >= 11 is 6.26. The molecule has 1 aromatic heterocycles. The molecular formula is C23H22ClNO2. The molecule has 3 aromatic rings. The Morgan fingerprint density at radius 2 is 1.96 bits per heavy atom. The van der Waals surface area contributed by atoms with Crippen LogP contribution < -0.4 is 0 Å². The fourth-order valence-corrected chi connectivity index (χ4v) is 3.75. The molecule has 0 amide bonds. The quantitative estimate of drug-likeness (QED) is 0.533. The van der Waals surface area contributed by atoms with Gasteiger partial charge in [-0.2, -0.15) is 0 Å². The number of aliphatic carboxylic acids is 1. The summed E-state index contributed by atoms with van der Waals surface area (Å²) in [6.45, 7) is 7.68. The number of rotatable bonds is 6. The van der Waals surface area contributed by atoms with Gasteiger partial charge in [-0.25, -0.2) is 0 Å². The van der Waals surface area contributed by atoms with Gasteiger partial charge in [-0.3, -0.25) is 9.78 Å². The highest BCUT2D eigenvalue weighted by Gasteiger charge is 2.27. The van der Waals surface area contributed by atoms with Crippen LogP contribution in [0, 0.1) is 6.92 Å². The number of aryl methyl sites for hydroxylation is 1. The molecule has 0 saturated heterocycles. The molecule has 0 spiro atoms. The average Bonchev–Trinajstić information content (AvgIpc) is 2.66. The van der Waals surface area contributed by atoms with Gasteiger partial charge in [-0.05, 0) is 53.8 Å². The third-order valence-electron chi connectivity index (χ3n) is 4.83. The van der Waals surface area contributed by atoms with E-state index in [0.717, 1.165) is 45.3 Å². The van der Waals surface area contributed by atoms with Gasteiger partial charge in [0.1, 0.15) is 0 Å². The number of pyridine rings is 1. The number of carboxylic acids is 1. The van der Waals surface area contributed by atoms with Crippen molar-refractivity contribution >= 4 is 34.5 Å². The summed E-state index contributed by atoms with van der Waals surface area (Å²) < 4.78 is 0. The molecule has 1 N–H and O–H groups in total. The first kappa shape index (κ1) is 19.1. The van der Waals surface area contributed by atoms with E-state index in [9.17, 15) is 9.90 Å². The van der Waals surface area contributed by atoms with Gasteiger partial charge >= 0.3 is 5.97 Å². The Morgan fingerprint density at radius 3 is 2.56 bits per heavy atom. The van der Waals surface area contributed by atoms with Gasteiger partial charge in [-0.1, -0.05) is 61.9 Å². The van der Waals surface area contributed by atoms with Crippen molar-refractivity contribution < 1.29 is 9.90 Å². The Hall–Kier alpha value is -2.65. The molecule has 0 fully saturated rings. The summed E-state index contributed by atoms with van der Waals surface area (Å²) in [4.78, 5) is 16.7. The fourth-order valence-electron chi connectivity index (χ4n) is 3.58. The molecule has 1 heterocycles. The summed E-state index contributed by atoms with van der Waals surface area (Å²) in [7, 11) is 0. The van der Waals surface area contributed by atoms with Crippen LogP contribution in [0.4, 0.5) is 0 Å². The summed E-state index contributed by atoms with van der Waals surface area (Å²) in [5.41, 5.74) is 5.19. The largest absolute Gasteiger partial charge is 0.481 e. The molecule has 1 atom stereocenters. The van der Waals surface area contributed by atoms with Crippen molar-refractivity contribution in [3.05, 3.63) is 70.9 Å². The SMILES string of the molecule is C=Cc1ccc(-c2c(C(CCC)C(=O)O)c(C)nc3ccc(Cl)cc23)cc1. The molecular weight excluding hydrogens is 358 g/mol. The second kappa shape index (κ2) is 7.93. The topological polar surface area (TPSA) is 50.2 Å². The maximum Gasteiger partial charge on any atom is 0.311 e. The highest BCUT2D eigenvalue weighted by Crippen LogP contribution is 2.39. The Labute approximate surface area is 164 Å². The van der Waals surface area contributed by atoms with Gasteiger partial charge in [0.2, 0.25) is 0 Å². The molecule has 0 saturated carbocycles. The minimum absolute atomic E-state index is 0.557. The minimum Gasteiger partial charge on any atom is -0.481 e. The smallest absolute Gasteiger partial charge is 0.311 e. The van der Waals surface area contributed by atoms with Gasteiger partial charge in [0.15, 0.2) is 0 Å². The monoisotopic (exact) mass is 379 g/mol. The lowest BCUT2D eigenvalue weighted by atomic mass is 9.84. The maximum atomic E-state index is 12.1. The van der Waals surface area contributed by atoms with Crippen molar-refractivity contribution in [1.29, 1.82) is 0 Å². The minimum atomic E-state index is -0.827. The zero-order chi connectivity index (χ0) is 19.6. The molecule has 0 bridgehead atoms. The zero-order valence-corrected chi connectivity index (χ0v) is 16.3. The van der Waals surface area contributed by atoms with E-state index in [1.54, 1.807) is 12.1 Å². The van der Waals surface area contributed by atoms with E-state index >= 15 is 0 Å². The first-order valence-corrected chi connectivity index (χ1v) is 9.39. The van der Waals surface area contributed by atoms with Crippen molar-refractivity contribution in [3.63, 3.8) is 0 Å². The Morgan fingerprint density at radius 1 is 1.26 bits per heavy atom. The lowest BCUT2D eigenvalue weighted by molar-refractivity contribution is -0.139. The number of carboxylic acid groups (broad SMARTS) is 1. The predicted octanol–water partition coefficient (Wildman–Crippen LogP) is 6.47. The van der Waals surface area contributed by atoms with E-state index in [1.165, 1.54) is 0 Å². The molecule has 0 aliphatic heterocycles. The van der Waals surface area contributed by atoms with Crippen LogP contribution in [0.1, 0.15) is 42.5 Å². The number of hydrogen-bond donors (Lipinski definition) is 1. The normalized spacial score (nSPS) is 12.1. The number of aromatic nitrogens is 1. The molecule has 3 nitrogen and oxygen atoms in total. The number of benzene rings is 2. The molecule has 27 heavy (non-hydrogen) atoms. The second-order valence-corrected chi connectivity index (χ2v) is 7.09. The van der Waals surface area contributed by atoms with Gasteiger partial charge < -0.3 is 5.11 Å². The Kier molecular flexibility index (Phi) is 5.62. The summed E-state index contributed by atoms with van der Waals surface area (Å²) in [6.07, 6.45) is 3.12. The van der Waals surface area contributed by atoms with Crippen LogP contribution in [0.25, 0.3) is 28.1 Å². The van der Waals surface area contributed by atoms with Crippen LogP contribution in [-0.4, -0.2) is 16.1 Å². The van der Waals surface area contributed by atoms with Crippen LogP contribution in [0.15, 0.2) is 49.0 Å². The number of nitrogens with zero attached hydrogens (tertiary/aromatic N) is 1. The summed E-state index contributed by atoms with van der Waals surface area (Å²) in [5.74, 6) is -1.44. The van der Waals surface area contributed by atoms with Crippen molar-refractivity contribution in [2.45, 2.75) is 32.6 Å². The van der Waals surface area contributed by atoms with E-state index in [0.29, 0.717) is 11.4 Å². The van der Waals surface area contributed by atoms with E-state index in [-0.39, 0.29) is 0 Å². The maximum absolute atomic E-state index is 12.1. The molecule has 2 aromatic carbocycles. The number of halogens is 1. The van der Waals surface area contributed by atoms with Crippen LogP contribution in [0.3, 0.4) is 0 Å². The van der Waals surface area contributed by atoms with E-state index in [4.69, 9.17) is 11.6 Å². The fraction of sp³-hybridized carbons (Fsp3) is 0.217. The van der Waals surface area contributed by atoms with Crippen LogP contribution >= 0.6 is 11.6 Å². The third kappa shape index (κ3) is 3.74. The van der Waals surface area contributed by atoms with Gasteiger partial charge in [0.25, 0.3) is 0 Å². The molecule has 4 heteroatoms. The van der Waals surface area contributed by atoms with Gasteiger partial charge in [0, 0.05) is 16.1 Å². The molecule has 0 radical (unpaired) electrons. The molecule has 1 unspecified atom stereocenters. The summed E-state index contributed by atoms with van der Waals surface area (Å²) in [6, 6.07) is 13.5. The second-order valence-electron chi connectivity index (χ2n) is 6.65. The van der Waals surface area contributed by atoms with Gasteiger partial charge in [0.05, 0.1) is 11.4 Å². The lowest BCUT2D eigenvalue weighted by Gasteiger charge is -2.21. The van der Waals surface area contributed by atoms with Gasteiger partial charge in [-0.15, -0.1) is 0 Å². The highest BCUT2D eigenvalue weighted by molar-refractivity contribution is 6.31. The predicted molar refractivity (Wildman–Crippen MR) is 112 cm³/mol. The molecule has 0 aliphatic rings. The first-order chi connectivity index (χ1) is 13.0. The number of carbonyl (C=O) groups is 1. The first-order valence-electron chi connectivity index (χ1n) is 9.01. The van der Waals surface area contributed by atoms with E-state index < -0.39 is 11.9 Å². The van der Waals surface area contributed by atoms with Crippen LogP contribution in [0.5, 0.6) is 0 Å². The van der Waals surface area contributed by atoms with E-state index in [2.05, 4.69) is 11.6 Å². The number of fused-ring (bicyclic) bond motifs is 1. The Bertz CT molecular complexity index is 1010. The van der Waals surface area contributed by atoms with Crippen molar-refractivity contribution in [3.8, 4) is 11.1 Å². The molecule has 0 aliphatic carbocycles. The average molecular weight is 380 g/mol. The van der Waals surface area contributed by atoms with Crippen LogP contribution in [-0.2, 0) is 4.79 Å². The molecule has 3 rings (SSSR count). The lowest BCUT2D eigenvalue weighted by Crippen LogP contribution is -2.15. The van der Waals surface area contributed by atoms with Crippen molar-refractivity contribution in [2.75, 3.05) is 0 Å². The highest BCUT2D eigenvalue weighted by atomic mass is 35.5.